The van der Waals surface area contributed by atoms with Gasteiger partial charge in [-0.1, -0.05) is 18.2 Å². The van der Waals surface area contributed by atoms with Crippen LogP contribution in [0.25, 0.3) is 0 Å². The van der Waals surface area contributed by atoms with E-state index in [9.17, 15) is 0 Å². The van der Waals surface area contributed by atoms with Crippen LogP contribution in [0.4, 0.5) is 5.82 Å². The van der Waals surface area contributed by atoms with Crippen molar-refractivity contribution in [3.8, 4) is 11.5 Å². The summed E-state index contributed by atoms with van der Waals surface area (Å²) < 4.78 is 11.0. The lowest BCUT2D eigenvalue weighted by Crippen LogP contribution is -2.39. The minimum atomic E-state index is 0.0327. The maximum atomic E-state index is 5.77. The molecule has 1 aromatic heterocycles. The van der Waals surface area contributed by atoms with E-state index in [2.05, 4.69) is 15.6 Å². The van der Waals surface area contributed by atoms with Crippen LogP contribution in [0.5, 0.6) is 11.5 Å². The summed E-state index contributed by atoms with van der Waals surface area (Å²) in [5.74, 6) is 2.14. The van der Waals surface area contributed by atoms with E-state index in [1.807, 2.05) is 50.2 Å². The molecule has 2 rings (SSSR count). The molecule has 0 unspecified atom stereocenters. The highest BCUT2D eigenvalue weighted by atomic mass is 32.1. The highest BCUT2D eigenvalue weighted by Crippen LogP contribution is 2.25. The predicted molar refractivity (Wildman–Crippen MR) is 96.3 cm³/mol. The van der Waals surface area contributed by atoms with Gasteiger partial charge >= 0.3 is 0 Å². The average Bonchev–Trinajstić information content (AvgIpc) is 2.55. The fourth-order valence-electron chi connectivity index (χ4n) is 1.91. The Morgan fingerprint density at radius 2 is 1.96 bits per heavy atom. The van der Waals surface area contributed by atoms with Crippen molar-refractivity contribution in [3.63, 3.8) is 0 Å². The Kier molecular flexibility index (Phi) is 6.17. The first-order valence-electron chi connectivity index (χ1n) is 7.34. The topological polar surface area (TPSA) is 55.4 Å². The molecule has 1 atom stereocenters. The van der Waals surface area contributed by atoms with Crippen molar-refractivity contribution in [3.05, 3.63) is 48.2 Å². The van der Waals surface area contributed by atoms with Crippen LogP contribution in [0.15, 0.2) is 42.6 Å². The van der Waals surface area contributed by atoms with Gasteiger partial charge in [0.05, 0.1) is 13.2 Å². The van der Waals surface area contributed by atoms with Crippen molar-refractivity contribution in [2.45, 2.75) is 19.9 Å². The Morgan fingerprint density at radius 1 is 1.22 bits per heavy atom. The zero-order valence-corrected chi connectivity index (χ0v) is 14.3. The van der Waals surface area contributed by atoms with Gasteiger partial charge in [0.25, 0.3) is 0 Å². The number of hydrogen-bond acceptors (Lipinski definition) is 4. The van der Waals surface area contributed by atoms with Crippen LogP contribution in [-0.2, 0) is 0 Å². The summed E-state index contributed by atoms with van der Waals surface area (Å²) in [6, 6.07) is 11.4. The average molecular weight is 331 g/mol. The zero-order chi connectivity index (χ0) is 16.7. The Bertz CT molecular complexity index is 647. The van der Waals surface area contributed by atoms with Crippen LogP contribution < -0.4 is 20.1 Å². The van der Waals surface area contributed by atoms with E-state index < -0.39 is 0 Å². The van der Waals surface area contributed by atoms with E-state index in [1.165, 1.54) is 0 Å². The molecule has 1 aromatic carbocycles. The van der Waals surface area contributed by atoms with E-state index in [-0.39, 0.29) is 6.04 Å². The first kappa shape index (κ1) is 17.0. The van der Waals surface area contributed by atoms with Gasteiger partial charge in [0.15, 0.2) is 16.6 Å². The predicted octanol–water partition coefficient (Wildman–Crippen LogP) is 3.15. The number of thiocarbonyl (C=S) groups is 1. The van der Waals surface area contributed by atoms with Crippen molar-refractivity contribution in [1.29, 1.82) is 0 Å². The van der Waals surface area contributed by atoms with Gasteiger partial charge in [-0.2, -0.15) is 0 Å². The Morgan fingerprint density at radius 3 is 2.61 bits per heavy atom. The Labute approximate surface area is 142 Å². The molecule has 0 bridgehead atoms. The first-order valence-corrected chi connectivity index (χ1v) is 7.75. The lowest BCUT2D eigenvalue weighted by Gasteiger charge is -2.18. The van der Waals surface area contributed by atoms with Gasteiger partial charge in [-0.05, 0) is 49.8 Å². The standard InChI is InChI=1S/C17H21N3O2S/c1-12-8-9-16(18-10-12)20-17(23)19-13(2)11-22-15-7-5-4-6-14(15)21-3/h4-10,13H,11H2,1-3H3,(H2,18,19,20,23)/t13-/m0/s1. The van der Waals surface area contributed by atoms with Gasteiger partial charge in [0, 0.05) is 6.20 Å². The lowest BCUT2D eigenvalue weighted by atomic mass is 10.3. The molecule has 6 heteroatoms. The van der Waals surface area contributed by atoms with Crippen LogP contribution in [0.3, 0.4) is 0 Å². The van der Waals surface area contributed by atoms with Gasteiger partial charge in [-0.15, -0.1) is 0 Å². The molecule has 23 heavy (non-hydrogen) atoms. The molecule has 0 amide bonds. The number of methoxy groups -OCH3 is 1. The summed E-state index contributed by atoms with van der Waals surface area (Å²) in [7, 11) is 1.62. The second-order valence-corrected chi connectivity index (χ2v) is 5.59. The highest BCUT2D eigenvalue weighted by Gasteiger charge is 2.08. The van der Waals surface area contributed by atoms with Crippen LogP contribution in [0.1, 0.15) is 12.5 Å². The molecule has 1 heterocycles. The molecule has 122 valence electrons. The molecular formula is C17H21N3O2S. The number of pyridine rings is 1. The SMILES string of the molecule is COc1ccccc1OC[C@H](C)NC(=S)Nc1ccc(C)cn1. The van der Waals surface area contributed by atoms with Crippen molar-refractivity contribution in [1.82, 2.24) is 10.3 Å². The lowest BCUT2D eigenvalue weighted by molar-refractivity contribution is 0.270. The van der Waals surface area contributed by atoms with Gasteiger partial charge in [0.2, 0.25) is 0 Å². The number of para-hydroxylation sites is 2. The summed E-state index contributed by atoms with van der Waals surface area (Å²) in [6.07, 6.45) is 1.79. The van der Waals surface area contributed by atoms with Crippen molar-refractivity contribution in [2.75, 3.05) is 19.0 Å². The van der Waals surface area contributed by atoms with Crippen LogP contribution in [0, 0.1) is 6.92 Å². The number of aryl methyl sites for hydroxylation is 1. The number of rotatable bonds is 6. The number of anilines is 1. The molecule has 5 nitrogen and oxygen atoms in total. The number of nitrogens with zero attached hydrogens (tertiary/aromatic N) is 1. The third-order valence-electron chi connectivity index (χ3n) is 3.09. The molecule has 0 aliphatic carbocycles. The molecule has 0 aliphatic heterocycles. The summed E-state index contributed by atoms with van der Waals surface area (Å²) in [5.41, 5.74) is 1.10. The summed E-state index contributed by atoms with van der Waals surface area (Å²) in [4.78, 5) is 4.26. The van der Waals surface area contributed by atoms with Crippen molar-refractivity contribution >= 4 is 23.1 Å². The Hall–Kier alpha value is -2.34. The maximum Gasteiger partial charge on any atom is 0.172 e. The van der Waals surface area contributed by atoms with E-state index >= 15 is 0 Å². The van der Waals surface area contributed by atoms with Crippen molar-refractivity contribution in [2.24, 2.45) is 0 Å². The summed E-state index contributed by atoms with van der Waals surface area (Å²) >= 11 is 5.28. The second kappa shape index (κ2) is 8.33. The molecule has 2 N–H and O–H groups in total. The van der Waals surface area contributed by atoms with E-state index in [1.54, 1.807) is 13.3 Å². The monoisotopic (exact) mass is 331 g/mol. The normalized spacial score (nSPS) is 11.4. The van der Waals surface area contributed by atoms with Gasteiger partial charge in [-0.3, -0.25) is 0 Å². The van der Waals surface area contributed by atoms with Crippen LogP contribution in [-0.4, -0.2) is 29.9 Å². The smallest absolute Gasteiger partial charge is 0.172 e. The van der Waals surface area contributed by atoms with Crippen LogP contribution in [0.2, 0.25) is 0 Å². The number of hydrogen-bond donors (Lipinski definition) is 2. The minimum Gasteiger partial charge on any atom is -0.493 e. The second-order valence-electron chi connectivity index (χ2n) is 5.18. The number of benzene rings is 1. The van der Waals surface area contributed by atoms with Gasteiger partial charge in [0.1, 0.15) is 12.4 Å². The molecule has 0 radical (unpaired) electrons. The van der Waals surface area contributed by atoms with Crippen molar-refractivity contribution < 1.29 is 9.47 Å². The Balaban J connectivity index is 1.81. The fourth-order valence-corrected chi connectivity index (χ4v) is 2.22. The summed E-state index contributed by atoms with van der Waals surface area (Å²) in [5, 5.41) is 6.73. The third kappa shape index (κ3) is 5.41. The number of nitrogens with one attached hydrogen (secondary N) is 2. The van der Waals surface area contributed by atoms with Gasteiger partial charge < -0.3 is 20.1 Å². The first-order chi connectivity index (χ1) is 11.1. The highest BCUT2D eigenvalue weighted by molar-refractivity contribution is 7.80. The van der Waals surface area contributed by atoms with E-state index in [4.69, 9.17) is 21.7 Å². The van der Waals surface area contributed by atoms with E-state index in [0.717, 1.165) is 5.56 Å². The van der Waals surface area contributed by atoms with Crippen LogP contribution >= 0.6 is 12.2 Å². The van der Waals surface area contributed by atoms with E-state index in [0.29, 0.717) is 29.0 Å². The fraction of sp³-hybridized carbons (Fsp3) is 0.294. The largest absolute Gasteiger partial charge is 0.493 e. The molecule has 2 aromatic rings. The third-order valence-corrected chi connectivity index (χ3v) is 3.31. The molecule has 0 aliphatic rings. The molecule has 0 fully saturated rings. The maximum absolute atomic E-state index is 5.77. The minimum absolute atomic E-state index is 0.0327. The summed E-state index contributed by atoms with van der Waals surface area (Å²) in [6.45, 7) is 4.44. The number of aromatic nitrogens is 1. The molecule has 0 saturated carbocycles. The zero-order valence-electron chi connectivity index (χ0n) is 13.5. The van der Waals surface area contributed by atoms with Gasteiger partial charge in [-0.25, -0.2) is 4.98 Å². The molecule has 0 spiro atoms. The molecule has 0 saturated heterocycles. The molecular weight excluding hydrogens is 310 g/mol. The quantitative estimate of drug-likeness (QED) is 0.793. The number of ether oxygens (including phenoxy) is 2.